The van der Waals surface area contributed by atoms with Gasteiger partial charge in [0.05, 0.1) is 5.52 Å². The Bertz CT molecular complexity index is 766. The Labute approximate surface area is 122 Å². The van der Waals surface area contributed by atoms with Gasteiger partial charge in [-0.2, -0.15) is 0 Å². The molecule has 0 aliphatic carbocycles. The van der Waals surface area contributed by atoms with Gasteiger partial charge in [0.25, 0.3) is 0 Å². The maximum Gasteiger partial charge on any atom is 0.168 e. The number of aromatic nitrogens is 1. The van der Waals surface area contributed by atoms with Crippen LogP contribution in [0.25, 0.3) is 22.0 Å². The van der Waals surface area contributed by atoms with Crippen LogP contribution in [0.15, 0.2) is 60.8 Å². The molecule has 1 heterocycles. The molecule has 0 spiro atoms. The van der Waals surface area contributed by atoms with Crippen molar-refractivity contribution < 1.29 is 0 Å². The molecular formula is C16H13N3S. The second kappa shape index (κ2) is 5.27. The number of nitrogens with two attached hydrogens (primary N) is 1. The Morgan fingerprint density at radius 3 is 2.50 bits per heavy atom. The number of fused-ring (bicyclic) bond motifs is 1. The maximum absolute atomic E-state index is 5.45. The molecule has 1 aromatic heterocycles. The molecule has 0 radical (unpaired) electrons. The van der Waals surface area contributed by atoms with Crippen molar-refractivity contribution in [2.75, 3.05) is 5.32 Å². The average Bonchev–Trinajstić information content (AvgIpc) is 2.47. The van der Waals surface area contributed by atoms with E-state index in [1.54, 1.807) is 0 Å². The summed E-state index contributed by atoms with van der Waals surface area (Å²) in [6.07, 6.45) is 1.89. The van der Waals surface area contributed by atoms with E-state index in [0.29, 0.717) is 0 Å². The van der Waals surface area contributed by atoms with E-state index in [0.717, 1.165) is 27.7 Å². The lowest BCUT2D eigenvalue weighted by molar-refractivity contribution is 1.41. The van der Waals surface area contributed by atoms with Crippen molar-refractivity contribution in [3.05, 3.63) is 60.8 Å². The molecule has 4 heteroatoms. The number of benzene rings is 2. The monoisotopic (exact) mass is 279 g/mol. The van der Waals surface area contributed by atoms with Crippen LogP contribution in [-0.4, -0.2) is 10.1 Å². The van der Waals surface area contributed by atoms with Crippen LogP contribution in [0.2, 0.25) is 0 Å². The lowest BCUT2D eigenvalue weighted by Gasteiger charge is -2.06. The molecule has 0 unspecified atom stereocenters. The van der Waals surface area contributed by atoms with E-state index in [-0.39, 0.29) is 5.11 Å². The summed E-state index contributed by atoms with van der Waals surface area (Å²) in [5, 5.41) is 4.31. The van der Waals surface area contributed by atoms with Gasteiger partial charge in [-0.15, -0.1) is 0 Å². The predicted molar refractivity (Wildman–Crippen MR) is 87.6 cm³/mol. The molecule has 0 atom stereocenters. The number of para-hydroxylation sites is 1. The summed E-state index contributed by atoms with van der Waals surface area (Å²) in [4.78, 5) is 4.47. The van der Waals surface area contributed by atoms with Crippen molar-refractivity contribution in [3.63, 3.8) is 0 Å². The third-order valence-electron chi connectivity index (χ3n) is 3.08. The van der Waals surface area contributed by atoms with E-state index in [1.165, 1.54) is 0 Å². The first-order valence-electron chi connectivity index (χ1n) is 6.24. The lowest BCUT2D eigenvalue weighted by Crippen LogP contribution is -2.18. The third-order valence-corrected chi connectivity index (χ3v) is 3.18. The van der Waals surface area contributed by atoms with E-state index in [1.807, 2.05) is 48.7 Å². The van der Waals surface area contributed by atoms with Crippen LogP contribution < -0.4 is 11.1 Å². The van der Waals surface area contributed by atoms with Gasteiger partial charge in [0, 0.05) is 22.8 Å². The van der Waals surface area contributed by atoms with Gasteiger partial charge >= 0.3 is 0 Å². The molecular weight excluding hydrogens is 266 g/mol. The molecule has 3 nitrogen and oxygen atoms in total. The lowest BCUT2D eigenvalue weighted by atomic mass is 10.1. The Morgan fingerprint density at radius 2 is 1.75 bits per heavy atom. The minimum Gasteiger partial charge on any atom is -0.376 e. The number of rotatable bonds is 2. The van der Waals surface area contributed by atoms with Crippen LogP contribution in [0.1, 0.15) is 0 Å². The van der Waals surface area contributed by atoms with Gasteiger partial charge in [-0.25, -0.2) is 0 Å². The predicted octanol–water partition coefficient (Wildman–Crippen LogP) is 3.56. The van der Waals surface area contributed by atoms with Gasteiger partial charge in [-0.1, -0.05) is 30.3 Å². The Kier molecular flexibility index (Phi) is 3.31. The minimum atomic E-state index is 0.269. The fourth-order valence-corrected chi connectivity index (χ4v) is 2.24. The standard InChI is InChI=1S/C16H13N3S/c17-16(20)19-14-7-5-11(6-8-14)13-9-12-3-1-2-4-15(12)18-10-13/h1-10H,(H3,17,19,20). The molecule has 0 aliphatic heterocycles. The molecule has 0 aliphatic rings. The summed E-state index contributed by atoms with van der Waals surface area (Å²) in [6.45, 7) is 0. The van der Waals surface area contributed by atoms with Crippen molar-refractivity contribution in [1.82, 2.24) is 4.98 Å². The second-order valence-electron chi connectivity index (χ2n) is 4.48. The van der Waals surface area contributed by atoms with Crippen LogP contribution in [0.3, 0.4) is 0 Å². The highest BCUT2D eigenvalue weighted by Crippen LogP contribution is 2.24. The third kappa shape index (κ3) is 2.60. The molecule has 0 bridgehead atoms. The van der Waals surface area contributed by atoms with Crippen molar-refractivity contribution in [1.29, 1.82) is 0 Å². The molecule has 3 aromatic rings. The first-order chi connectivity index (χ1) is 9.72. The number of anilines is 1. The fourth-order valence-electron chi connectivity index (χ4n) is 2.12. The average molecular weight is 279 g/mol. The minimum absolute atomic E-state index is 0.269. The quantitative estimate of drug-likeness (QED) is 0.704. The van der Waals surface area contributed by atoms with Crippen LogP contribution in [0, 0.1) is 0 Å². The molecule has 0 saturated heterocycles. The molecule has 2 aromatic carbocycles. The largest absolute Gasteiger partial charge is 0.376 e. The van der Waals surface area contributed by atoms with Gasteiger partial charge in [0.15, 0.2) is 5.11 Å². The smallest absolute Gasteiger partial charge is 0.168 e. The molecule has 0 amide bonds. The first-order valence-corrected chi connectivity index (χ1v) is 6.65. The van der Waals surface area contributed by atoms with Gasteiger partial charge in [-0.05, 0) is 42.0 Å². The second-order valence-corrected chi connectivity index (χ2v) is 4.92. The van der Waals surface area contributed by atoms with Gasteiger partial charge in [0.2, 0.25) is 0 Å². The van der Waals surface area contributed by atoms with E-state index >= 15 is 0 Å². The number of nitrogens with one attached hydrogen (secondary N) is 1. The Morgan fingerprint density at radius 1 is 1.00 bits per heavy atom. The normalized spacial score (nSPS) is 10.4. The summed E-state index contributed by atoms with van der Waals surface area (Å²) in [7, 11) is 0. The zero-order chi connectivity index (χ0) is 13.9. The zero-order valence-corrected chi connectivity index (χ0v) is 11.5. The van der Waals surface area contributed by atoms with Crippen LogP contribution in [-0.2, 0) is 0 Å². The Balaban J connectivity index is 1.96. The van der Waals surface area contributed by atoms with E-state index in [9.17, 15) is 0 Å². The van der Waals surface area contributed by atoms with Crippen molar-refractivity contribution in [3.8, 4) is 11.1 Å². The van der Waals surface area contributed by atoms with E-state index in [2.05, 4.69) is 22.4 Å². The zero-order valence-electron chi connectivity index (χ0n) is 10.7. The molecule has 3 rings (SSSR count). The summed E-state index contributed by atoms with van der Waals surface area (Å²) < 4.78 is 0. The Hall–Kier alpha value is -2.46. The highest BCUT2D eigenvalue weighted by molar-refractivity contribution is 7.80. The van der Waals surface area contributed by atoms with Crippen LogP contribution >= 0.6 is 12.2 Å². The topological polar surface area (TPSA) is 50.9 Å². The summed E-state index contributed by atoms with van der Waals surface area (Å²) in [6, 6.07) is 18.2. The number of hydrogen-bond acceptors (Lipinski definition) is 2. The van der Waals surface area contributed by atoms with Gasteiger partial charge in [-0.3, -0.25) is 4.98 Å². The molecule has 20 heavy (non-hydrogen) atoms. The number of thiocarbonyl (C=S) groups is 1. The highest BCUT2D eigenvalue weighted by atomic mass is 32.1. The number of nitrogens with zero attached hydrogens (tertiary/aromatic N) is 1. The van der Waals surface area contributed by atoms with Gasteiger partial charge in [0.1, 0.15) is 0 Å². The number of hydrogen-bond donors (Lipinski definition) is 2. The summed E-state index contributed by atoms with van der Waals surface area (Å²) in [5.41, 5.74) is 9.53. The van der Waals surface area contributed by atoms with Crippen LogP contribution in [0.5, 0.6) is 0 Å². The molecule has 3 N–H and O–H groups in total. The highest BCUT2D eigenvalue weighted by Gasteiger charge is 2.01. The molecule has 98 valence electrons. The van der Waals surface area contributed by atoms with E-state index < -0.39 is 0 Å². The van der Waals surface area contributed by atoms with Crippen LogP contribution in [0.4, 0.5) is 5.69 Å². The number of pyridine rings is 1. The fraction of sp³-hybridized carbons (Fsp3) is 0. The maximum atomic E-state index is 5.45. The molecule has 0 fully saturated rings. The van der Waals surface area contributed by atoms with E-state index in [4.69, 9.17) is 18.0 Å². The van der Waals surface area contributed by atoms with Crippen molar-refractivity contribution in [2.45, 2.75) is 0 Å². The summed E-state index contributed by atoms with van der Waals surface area (Å²) >= 11 is 4.81. The first kappa shape index (κ1) is 12.6. The van der Waals surface area contributed by atoms with Crippen molar-refractivity contribution in [2.24, 2.45) is 5.73 Å². The van der Waals surface area contributed by atoms with Crippen molar-refractivity contribution >= 4 is 33.9 Å². The van der Waals surface area contributed by atoms with Gasteiger partial charge < -0.3 is 11.1 Å². The molecule has 0 saturated carbocycles. The SMILES string of the molecule is NC(=S)Nc1ccc(-c2cnc3ccccc3c2)cc1. The summed E-state index contributed by atoms with van der Waals surface area (Å²) in [5.74, 6) is 0.